The second kappa shape index (κ2) is 6.17. The molecule has 130 valence electrons. The summed E-state index contributed by atoms with van der Waals surface area (Å²) in [4.78, 5) is 18.8. The number of nitrogens with one attached hydrogen (secondary N) is 1. The predicted molar refractivity (Wildman–Crippen MR) is 98.0 cm³/mol. The van der Waals surface area contributed by atoms with Crippen LogP contribution in [0.25, 0.3) is 33.1 Å². The van der Waals surface area contributed by atoms with Gasteiger partial charge in [-0.2, -0.15) is 0 Å². The van der Waals surface area contributed by atoms with Gasteiger partial charge in [0.05, 0.1) is 33.7 Å². The minimum Gasteiger partial charge on any atom is -0.465 e. The van der Waals surface area contributed by atoms with Gasteiger partial charge < -0.3 is 9.72 Å². The molecule has 0 saturated carbocycles. The summed E-state index contributed by atoms with van der Waals surface area (Å²) in [5.41, 5.74) is 2.26. The molecule has 7 heteroatoms. The third-order valence-corrected chi connectivity index (χ3v) is 4.84. The Balaban J connectivity index is 1.93. The van der Waals surface area contributed by atoms with Crippen molar-refractivity contribution in [1.29, 1.82) is 0 Å². The molecule has 0 bridgehead atoms. The number of H-pyrrole nitrogens is 1. The fraction of sp³-hybridized carbons (Fsp3) is 0.0526. The Morgan fingerprint density at radius 3 is 2.73 bits per heavy atom. The number of ether oxygens (including phenoxy) is 1. The van der Waals surface area contributed by atoms with E-state index >= 15 is 4.39 Å². The minimum atomic E-state index is -0.524. The zero-order chi connectivity index (χ0) is 18.4. The lowest BCUT2D eigenvalue weighted by Gasteiger charge is -2.05. The molecule has 0 unspecified atom stereocenters. The molecule has 0 amide bonds. The first-order valence-electron chi connectivity index (χ1n) is 7.63. The first kappa shape index (κ1) is 16.7. The van der Waals surface area contributed by atoms with Gasteiger partial charge in [0.2, 0.25) is 0 Å². The van der Waals surface area contributed by atoms with Crippen LogP contribution in [0.1, 0.15) is 10.4 Å². The highest BCUT2D eigenvalue weighted by atomic mass is 79.9. The van der Waals surface area contributed by atoms with Crippen LogP contribution in [0.2, 0.25) is 0 Å². The Bertz CT molecular complexity index is 1190. The predicted octanol–water partition coefficient (Wildman–Crippen LogP) is 5.21. The Morgan fingerprint density at radius 1 is 1.19 bits per heavy atom. The van der Waals surface area contributed by atoms with Gasteiger partial charge in [-0.05, 0) is 45.8 Å². The van der Waals surface area contributed by atoms with Crippen molar-refractivity contribution in [1.82, 2.24) is 9.97 Å². The largest absolute Gasteiger partial charge is 0.465 e. The topological polar surface area (TPSA) is 55.0 Å². The van der Waals surface area contributed by atoms with Gasteiger partial charge in [0.15, 0.2) is 5.82 Å². The fourth-order valence-electron chi connectivity index (χ4n) is 2.92. The lowest BCUT2D eigenvalue weighted by atomic mass is 10.0. The van der Waals surface area contributed by atoms with Gasteiger partial charge in [0.25, 0.3) is 0 Å². The molecule has 2 heterocycles. The third-order valence-electron chi connectivity index (χ3n) is 4.20. The molecule has 2 aromatic heterocycles. The molecule has 2 aromatic carbocycles. The maximum atomic E-state index is 15.1. The molecule has 4 rings (SSSR count). The molecule has 0 aliphatic heterocycles. The zero-order valence-corrected chi connectivity index (χ0v) is 15.0. The van der Waals surface area contributed by atoms with E-state index in [2.05, 4.69) is 30.6 Å². The van der Waals surface area contributed by atoms with E-state index in [1.54, 1.807) is 24.3 Å². The van der Waals surface area contributed by atoms with Crippen LogP contribution < -0.4 is 0 Å². The highest BCUT2D eigenvalue weighted by Crippen LogP contribution is 2.33. The van der Waals surface area contributed by atoms with Crippen LogP contribution in [0.15, 0.2) is 47.1 Å². The van der Waals surface area contributed by atoms with E-state index in [1.165, 1.54) is 25.4 Å². The molecule has 0 aliphatic carbocycles. The van der Waals surface area contributed by atoms with Crippen LogP contribution in [-0.4, -0.2) is 23.0 Å². The number of halogens is 3. The summed E-state index contributed by atoms with van der Waals surface area (Å²) < 4.78 is 33.9. The number of hydrogen-bond donors (Lipinski definition) is 1. The van der Waals surface area contributed by atoms with Crippen LogP contribution in [0, 0.1) is 11.6 Å². The average molecular weight is 417 g/mol. The molecule has 26 heavy (non-hydrogen) atoms. The summed E-state index contributed by atoms with van der Waals surface area (Å²) in [5, 5.41) is 0.579. The van der Waals surface area contributed by atoms with Crippen molar-refractivity contribution in [2.45, 2.75) is 0 Å². The average Bonchev–Trinajstić information content (AvgIpc) is 3.02. The Hall–Kier alpha value is -2.80. The smallest absolute Gasteiger partial charge is 0.339 e. The molecular formula is C19H11BrF2N2O2. The molecule has 4 aromatic rings. The number of aromatic nitrogens is 2. The van der Waals surface area contributed by atoms with Crippen LogP contribution in [0.4, 0.5) is 8.78 Å². The van der Waals surface area contributed by atoms with Crippen molar-refractivity contribution in [2.75, 3.05) is 7.11 Å². The van der Waals surface area contributed by atoms with Gasteiger partial charge in [-0.15, -0.1) is 0 Å². The van der Waals surface area contributed by atoms with Crippen molar-refractivity contribution in [3.05, 3.63) is 64.3 Å². The Kier molecular flexibility index (Phi) is 3.96. The molecule has 0 fully saturated rings. The number of fused-ring (bicyclic) bond motifs is 3. The Morgan fingerprint density at radius 2 is 2.00 bits per heavy atom. The number of pyridine rings is 1. The van der Waals surface area contributed by atoms with Crippen molar-refractivity contribution in [3.63, 3.8) is 0 Å². The summed E-state index contributed by atoms with van der Waals surface area (Å²) in [6, 6.07) is 9.30. The van der Waals surface area contributed by atoms with Gasteiger partial charge >= 0.3 is 5.97 Å². The summed E-state index contributed by atoms with van der Waals surface area (Å²) in [7, 11) is 1.28. The lowest BCUT2D eigenvalue weighted by Crippen LogP contribution is -2.01. The van der Waals surface area contributed by atoms with Gasteiger partial charge in [-0.1, -0.05) is 12.1 Å². The second-order valence-electron chi connectivity index (χ2n) is 5.72. The molecule has 4 nitrogen and oxygen atoms in total. The molecule has 0 radical (unpaired) electrons. The number of benzene rings is 2. The number of carbonyl (C=O) groups excluding carboxylic acids is 1. The standard InChI is InChI=1S/C19H11BrF2N2O2/c1-26-19(25)10-7-15-17(23-8-10)12-4-3-11(16(22)18(12)24-15)9-2-5-13(20)14(21)6-9/h2-8,24H,1H3. The lowest BCUT2D eigenvalue weighted by molar-refractivity contribution is 0.0600. The zero-order valence-electron chi connectivity index (χ0n) is 13.4. The number of rotatable bonds is 2. The van der Waals surface area contributed by atoms with Crippen molar-refractivity contribution in [3.8, 4) is 11.1 Å². The maximum absolute atomic E-state index is 15.1. The second-order valence-corrected chi connectivity index (χ2v) is 6.57. The molecule has 0 atom stereocenters. The first-order valence-corrected chi connectivity index (χ1v) is 8.42. The summed E-state index contributed by atoms with van der Waals surface area (Å²) in [6.07, 6.45) is 1.39. The molecule has 1 N–H and O–H groups in total. The molecule has 0 spiro atoms. The van der Waals surface area contributed by atoms with E-state index in [1.807, 2.05) is 0 Å². The first-order chi connectivity index (χ1) is 12.5. The van der Waals surface area contributed by atoms with E-state index in [4.69, 9.17) is 0 Å². The molecular weight excluding hydrogens is 406 g/mol. The minimum absolute atomic E-state index is 0.246. The van der Waals surface area contributed by atoms with Crippen LogP contribution >= 0.6 is 15.9 Å². The Labute approximate surface area is 154 Å². The van der Waals surface area contributed by atoms with Crippen LogP contribution in [0.3, 0.4) is 0 Å². The summed E-state index contributed by atoms with van der Waals surface area (Å²) in [6.45, 7) is 0. The van der Waals surface area contributed by atoms with Crippen molar-refractivity contribution < 1.29 is 18.3 Å². The number of nitrogens with zero attached hydrogens (tertiary/aromatic N) is 1. The van der Waals surface area contributed by atoms with Crippen LogP contribution in [0.5, 0.6) is 0 Å². The van der Waals surface area contributed by atoms with E-state index in [9.17, 15) is 9.18 Å². The number of hydrogen-bond acceptors (Lipinski definition) is 3. The SMILES string of the molecule is COC(=O)c1cnc2c(c1)[nH]c1c(F)c(-c3ccc(Br)c(F)c3)ccc12. The fourth-order valence-corrected chi connectivity index (χ4v) is 3.17. The van der Waals surface area contributed by atoms with Gasteiger partial charge in [-0.3, -0.25) is 4.98 Å². The van der Waals surface area contributed by atoms with Gasteiger partial charge in [0, 0.05) is 17.1 Å². The van der Waals surface area contributed by atoms with E-state index in [0.717, 1.165) is 0 Å². The van der Waals surface area contributed by atoms with E-state index in [-0.39, 0.29) is 16.6 Å². The van der Waals surface area contributed by atoms with Crippen molar-refractivity contribution >= 4 is 43.8 Å². The maximum Gasteiger partial charge on any atom is 0.339 e. The third kappa shape index (κ3) is 2.55. The number of aromatic amines is 1. The number of esters is 1. The monoisotopic (exact) mass is 416 g/mol. The van der Waals surface area contributed by atoms with Crippen LogP contribution in [-0.2, 0) is 4.74 Å². The normalized spacial score (nSPS) is 11.2. The van der Waals surface area contributed by atoms with Crippen molar-refractivity contribution in [2.24, 2.45) is 0 Å². The quantitative estimate of drug-likeness (QED) is 0.456. The highest BCUT2D eigenvalue weighted by Gasteiger charge is 2.16. The van der Waals surface area contributed by atoms with Gasteiger partial charge in [-0.25, -0.2) is 13.6 Å². The highest BCUT2D eigenvalue weighted by molar-refractivity contribution is 9.10. The van der Waals surface area contributed by atoms with E-state index < -0.39 is 17.6 Å². The molecule has 0 aliphatic rings. The molecule has 0 saturated heterocycles. The number of methoxy groups -OCH3 is 1. The summed E-state index contributed by atoms with van der Waals surface area (Å²) >= 11 is 3.09. The summed E-state index contributed by atoms with van der Waals surface area (Å²) in [5.74, 6) is -1.51. The number of carbonyl (C=O) groups is 1. The van der Waals surface area contributed by atoms with Gasteiger partial charge in [0.1, 0.15) is 5.82 Å². The van der Waals surface area contributed by atoms with E-state index in [0.29, 0.717) is 26.5 Å².